The number of aromatic nitrogens is 1. The molecule has 29 heavy (non-hydrogen) atoms. The molecule has 0 aliphatic carbocycles. The fourth-order valence-electron chi connectivity index (χ4n) is 2.94. The second-order valence-corrected chi connectivity index (χ2v) is 8.51. The zero-order chi connectivity index (χ0) is 20.8. The predicted molar refractivity (Wildman–Crippen MR) is 123 cm³/mol. The number of hydrogen-bond donors (Lipinski definition) is 2. The molecule has 1 atom stereocenters. The molecule has 0 saturated heterocycles. The minimum absolute atomic E-state index is 0.0798. The van der Waals surface area contributed by atoms with Crippen LogP contribution in [0.15, 0.2) is 47.8 Å². The Hall–Kier alpha value is -1.92. The average Bonchev–Trinajstić information content (AvgIpc) is 3.15. The molecule has 0 fully saturated rings. The third-order valence-electron chi connectivity index (χ3n) is 4.54. The Balaban J connectivity index is 1.53. The maximum absolute atomic E-state index is 12.3. The molecule has 2 aromatic carbocycles. The minimum Gasteiger partial charge on any atom is -0.302 e. The van der Waals surface area contributed by atoms with Crippen molar-refractivity contribution in [2.75, 3.05) is 11.9 Å². The van der Waals surface area contributed by atoms with Gasteiger partial charge in [0.1, 0.15) is 0 Å². The third-order valence-corrected chi connectivity index (χ3v) is 5.85. The van der Waals surface area contributed by atoms with Crippen LogP contribution in [0.3, 0.4) is 0 Å². The summed E-state index contributed by atoms with van der Waals surface area (Å²) >= 11 is 13.5. The second-order valence-electron chi connectivity index (χ2n) is 6.80. The number of amides is 1. The lowest BCUT2D eigenvalue weighted by atomic mass is 10.0. The zero-order valence-electron chi connectivity index (χ0n) is 16.3. The number of thiazole rings is 1. The summed E-state index contributed by atoms with van der Waals surface area (Å²) in [6.07, 6.45) is 2.22. The van der Waals surface area contributed by atoms with E-state index >= 15 is 0 Å². The van der Waals surface area contributed by atoms with E-state index in [-0.39, 0.29) is 18.5 Å². The van der Waals surface area contributed by atoms with E-state index in [2.05, 4.69) is 46.8 Å². The van der Waals surface area contributed by atoms with Gasteiger partial charge in [0.05, 0.1) is 17.3 Å². The van der Waals surface area contributed by atoms with E-state index < -0.39 is 0 Å². The summed E-state index contributed by atoms with van der Waals surface area (Å²) in [6.45, 7) is 4.42. The molecule has 0 spiro atoms. The van der Waals surface area contributed by atoms with Crippen LogP contribution in [0.4, 0.5) is 5.13 Å². The Labute approximate surface area is 185 Å². The first kappa shape index (κ1) is 21.8. The summed E-state index contributed by atoms with van der Waals surface area (Å²) in [6, 6.07) is 13.9. The highest BCUT2D eigenvalue weighted by molar-refractivity contribution is 7.14. The fourth-order valence-corrected chi connectivity index (χ4v) is 4.17. The van der Waals surface area contributed by atoms with Crippen LogP contribution in [-0.2, 0) is 11.2 Å². The number of benzene rings is 2. The van der Waals surface area contributed by atoms with Gasteiger partial charge in [-0.25, -0.2) is 4.98 Å². The number of anilines is 1. The molecule has 0 aliphatic heterocycles. The highest BCUT2D eigenvalue weighted by Gasteiger charge is 2.12. The summed E-state index contributed by atoms with van der Waals surface area (Å²) in [4.78, 5) is 16.7. The molecule has 1 aromatic heterocycles. The number of rotatable bonds is 8. The number of carbonyl (C=O) groups excluding carboxylic acids is 1. The largest absolute Gasteiger partial charge is 0.302 e. The van der Waals surface area contributed by atoms with E-state index in [1.54, 1.807) is 12.1 Å². The summed E-state index contributed by atoms with van der Waals surface area (Å²) in [5.74, 6) is -0.137. The quantitative estimate of drug-likeness (QED) is 0.422. The van der Waals surface area contributed by atoms with Gasteiger partial charge in [-0.3, -0.25) is 4.79 Å². The van der Waals surface area contributed by atoms with Crippen LogP contribution in [-0.4, -0.2) is 17.4 Å². The molecular weight excluding hydrogens is 425 g/mol. The number of nitrogens with zero attached hydrogens (tertiary/aromatic N) is 1. The molecule has 0 saturated carbocycles. The lowest BCUT2D eigenvalue weighted by Gasteiger charge is -2.14. The molecule has 7 heteroatoms. The van der Waals surface area contributed by atoms with Crippen LogP contribution in [0.25, 0.3) is 11.3 Å². The maximum Gasteiger partial charge on any atom is 0.240 e. The van der Waals surface area contributed by atoms with Crippen LogP contribution in [0.5, 0.6) is 0 Å². The molecule has 2 N–H and O–H groups in total. The topological polar surface area (TPSA) is 54.0 Å². The SMILES string of the molecule is CCCc1ccc([C@@H](C)NCC(=O)Nc2nc(-c3ccc(Cl)cc3Cl)cs2)cc1. The first-order chi connectivity index (χ1) is 14.0. The van der Waals surface area contributed by atoms with E-state index in [1.807, 2.05) is 18.4 Å². The summed E-state index contributed by atoms with van der Waals surface area (Å²) < 4.78 is 0. The van der Waals surface area contributed by atoms with Crippen LogP contribution in [0.2, 0.25) is 10.0 Å². The van der Waals surface area contributed by atoms with Gasteiger partial charge in [-0.15, -0.1) is 11.3 Å². The van der Waals surface area contributed by atoms with Crippen molar-refractivity contribution in [2.45, 2.75) is 32.7 Å². The first-order valence-electron chi connectivity index (χ1n) is 9.49. The molecular formula is C22H23Cl2N3OS. The van der Waals surface area contributed by atoms with E-state index in [0.717, 1.165) is 24.0 Å². The van der Waals surface area contributed by atoms with Gasteiger partial charge in [0.25, 0.3) is 0 Å². The van der Waals surface area contributed by atoms with Crippen LogP contribution in [0, 0.1) is 0 Å². The normalized spacial score (nSPS) is 12.0. The molecule has 3 aromatic rings. The molecule has 0 radical (unpaired) electrons. The highest BCUT2D eigenvalue weighted by atomic mass is 35.5. The Morgan fingerprint density at radius 1 is 1.17 bits per heavy atom. The zero-order valence-corrected chi connectivity index (χ0v) is 18.7. The summed E-state index contributed by atoms with van der Waals surface area (Å²) in [7, 11) is 0. The Kier molecular flexibility index (Phi) is 7.67. The minimum atomic E-state index is -0.137. The molecule has 0 aliphatic rings. The van der Waals surface area contributed by atoms with Gasteiger partial charge in [-0.1, -0.05) is 60.8 Å². The van der Waals surface area contributed by atoms with Crippen molar-refractivity contribution in [1.82, 2.24) is 10.3 Å². The van der Waals surface area contributed by atoms with Gasteiger partial charge < -0.3 is 10.6 Å². The monoisotopic (exact) mass is 447 g/mol. The number of nitrogens with one attached hydrogen (secondary N) is 2. The van der Waals surface area contributed by atoms with Crippen LogP contribution in [0.1, 0.15) is 37.4 Å². The van der Waals surface area contributed by atoms with Gasteiger partial charge >= 0.3 is 0 Å². The van der Waals surface area contributed by atoms with Crippen molar-refractivity contribution in [3.63, 3.8) is 0 Å². The average molecular weight is 448 g/mol. The van der Waals surface area contributed by atoms with Gasteiger partial charge in [0.2, 0.25) is 5.91 Å². The second kappa shape index (κ2) is 10.2. The first-order valence-corrected chi connectivity index (χ1v) is 11.1. The summed E-state index contributed by atoms with van der Waals surface area (Å²) in [5.41, 5.74) is 3.99. The predicted octanol–water partition coefficient (Wildman–Crippen LogP) is 6.36. The van der Waals surface area contributed by atoms with Crippen molar-refractivity contribution in [2.24, 2.45) is 0 Å². The summed E-state index contributed by atoms with van der Waals surface area (Å²) in [5, 5.41) is 9.58. The van der Waals surface area contributed by atoms with Crippen molar-refractivity contribution < 1.29 is 4.79 Å². The Bertz CT molecular complexity index is 972. The van der Waals surface area contributed by atoms with Crippen molar-refractivity contribution >= 4 is 45.6 Å². The van der Waals surface area contributed by atoms with Crippen molar-refractivity contribution in [1.29, 1.82) is 0 Å². The number of halogens is 2. The molecule has 4 nitrogen and oxygen atoms in total. The van der Waals surface area contributed by atoms with Gasteiger partial charge in [0.15, 0.2) is 5.13 Å². The lowest BCUT2D eigenvalue weighted by molar-refractivity contribution is -0.115. The highest BCUT2D eigenvalue weighted by Crippen LogP contribution is 2.32. The van der Waals surface area contributed by atoms with E-state index in [9.17, 15) is 4.79 Å². The standard InChI is InChI=1S/C22H23Cl2N3OS/c1-3-4-15-5-7-16(8-6-15)14(2)25-12-21(28)27-22-26-20(13-29-22)18-10-9-17(23)11-19(18)24/h5-11,13-14,25H,3-4,12H2,1-2H3,(H,26,27,28)/t14-/m1/s1. The number of aryl methyl sites for hydroxylation is 1. The lowest BCUT2D eigenvalue weighted by Crippen LogP contribution is -2.30. The van der Waals surface area contributed by atoms with E-state index in [0.29, 0.717) is 20.9 Å². The molecule has 3 rings (SSSR count). The van der Waals surface area contributed by atoms with E-state index in [1.165, 1.54) is 16.9 Å². The smallest absolute Gasteiger partial charge is 0.240 e. The Morgan fingerprint density at radius 2 is 1.93 bits per heavy atom. The molecule has 152 valence electrons. The fraction of sp³-hybridized carbons (Fsp3) is 0.273. The van der Waals surface area contributed by atoms with Gasteiger partial charge in [-0.05, 0) is 42.7 Å². The molecule has 1 heterocycles. The number of carbonyl (C=O) groups is 1. The van der Waals surface area contributed by atoms with Crippen LogP contribution >= 0.6 is 34.5 Å². The van der Waals surface area contributed by atoms with Crippen molar-refractivity contribution in [3.05, 3.63) is 69.0 Å². The third kappa shape index (κ3) is 6.03. The van der Waals surface area contributed by atoms with Crippen LogP contribution < -0.4 is 10.6 Å². The van der Waals surface area contributed by atoms with Gasteiger partial charge in [-0.2, -0.15) is 0 Å². The van der Waals surface area contributed by atoms with Gasteiger partial charge in [0, 0.05) is 22.0 Å². The maximum atomic E-state index is 12.3. The Morgan fingerprint density at radius 3 is 2.62 bits per heavy atom. The van der Waals surface area contributed by atoms with E-state index in [4.69, 9.17) is 23.2 Å². The molecule has 1 amide bonds. The molecule has 0 bridgehead atoms. The molecule has 0 unspecified atom stereocenters. The van der Waals surface area contributed by atoms with Crippen molar-refractivity contribution in [3.8, 4) is 11.3 Å². The number of hydrogen-bond acceptors (Lipinski definition) is 4.